The number of hydrogen-bond acceptors (Lipinski definition) is 6. The average Bonchev–Trinajstić information content (AvgIpc) is 2.54. The highest BCUT2D eigenvalue weighted by Crippen LogP contribution is 2.36. The van der Waals surface area contributed by atoms with Crippen molar-refractivity contribution in [3.05, 3.63) is 24.0 Å². The number of carbonyl (C=O) groups excluding carboxylic acids is 1. The Morgan fingerprint density at radius 2 is 1.83 bits per heavy atom. The molecule has 126 valence electrons. The second-order valence-corrected chi connectivity index (χ2v) is 4.42. The lowest BCUT2D eigenvalue weighted by Gasteiger charge is -2.14. The third-order valence-corrected chi connectivity index (χ3v) is 3.18. The van der Waals surface area contributed by atoms with Crippen LogP contribution in [0, 0.1) is 0 Å². The van der Waals surface area contributed by atoms with Gasteiger partial charge in [0.2, 0.25) is 0 Å². The van der Waals surface area contributed by atoms with Gasteiger partial charge in [0.15, 0.2) is 11.5 Å². The summed E-state index contributed by atoms with van der Waals surface area (Å²) >= 11 is 0. The van der Waals surface area contributed by atoms with Crippen LogP contribution in [0.4, 0.5) is 10.5 Å². The van der Waals surface area contributed by atoms with Gasteiger partial charge in [0, 0.05) is 17.3 Å². The molecule has 0 fully saturated rings. The lowest BCUT2D eigenvalue weighted by molar-refractivity contribution is 0.168. The maximum absolute atomic E-state index is 11.6. The van der Waals surface area contributed by atoms with Crippen LogP contribution in [0.1, 0.15) is 12.6 Å². The van der Waals surface area contributed by atoms with Gasteiger partial charge in [-0.2, -0.15) is 0 Å². The molecule has 0 aliphatic rings. The first-order chi connectivity index (χ1) is 10.6. The number of nitrogens with two attached hydrogens (primary N) is 1. The zero-order valence-electron chi connectivity index (χ0n) is 13.2. The van der Waals surface area contributed by atoms with Crippen molar-refractivity contribution in [3.8, 4) is 11.5 Å². The number of ether oxygens (including phenoxy) is 3. The van der Waals surface area contributed by atoms with Gasteiger partial charge in [-0.1, -0.05) is 0 Å². The Labute approximate surface area is 140 Å². The number of benzene rings is 1. The third kappa shape index (κ3) is 3.94. The summed E-state index contributed by atoms with van der Waals surface area (Å²) in [5, 5.41) is 4.20. The first-order valence-corrected chi connectivity index (χ1v) is 6.82. The van der Waals surface area contributed by atoms with E-state index in [-0.39, 0.29) is 25.6 Å². The molecule has 7 nitrogen and oxygen atoms in total. The molecule has 1 amide bonds. The van der Waals surface area contributed by atoms with Gasteiger partial charge in [-0.15, -0.1) is 12.4 Å². The Bertz CT molecular complexity index is 694. The van der Waals surface area contributed by atoms with E-state index in [1.807, 2.05) is 0 Å². The largest absolute Gasteiger partial charge is 0.493 e. The van der Waals surface area contributed by atoms with Crippen molar-refractivity contribution in [3.63, 3.8) is 0 Å². The van der Waals surface area contributed by atoms with Crippen LogP contribution in [-0.2, 0) is 11.3 Å². The van der Waals surface area contributed by atoms with E-state index in [1.54, 1.807) is 39.5 Å². The third-order valence-electron chi connectivity index (χ3n) is 3.18. The van der Waals surface area contributed by atoms with E-state index in [1.165, 1.54) is 0 Å². The molecule has 0 bridgehead atoms. The number of amides is 1. The van der Waals surface area contributed by atoms with Gasteiger partial charge >= 0.3 is 6.09 Å². The van der Waals surface area contributed by atoms with Gasteiger partial charge in [-0.05, 0) is 19.1 Å². The number of anilines is 1. The van der Waals surface area contributed by atoms with Gasteiger partial charge in [0.05, 0.1) is 38.4 Å². The number of nitrogens with zero attached hydrogens (tertiary/aromatic N) is 1. The highest BCUT2D eigenvalue weighted by Gasteiger charge is 2.14. The molecular weight excluding hydrogens is 322 g/mol. The van der Waals surface area contributed by atoms with Crippen LogP contribution in [0.15, 0.2) is 18.3 Å². The van der Waals surface area contributed by atoms with Gasteiger partial charge in [-0.3, -0.25) is 10.3 Å². The van der Waals surface area contributed by atoms with Crippen LogP contribution in [-0.4, -0.2) is 31.9 Å². The summed E-state index contributed by atoms with van der Waals surface area (Å²) in [6.45, 7) is 2.29. The zero-order chi connectivity index (χ0) is 16.1. The monoisotopic (exact) mass is 341 g/mol. The highest BCUT2D eigenvalue weighted by atomic mass is 35.5. The molecule has 0 aliphatic heterocycles. The molecule has 23 heavy (non-hydrogen) atoms. The van der Waals surface area contributed by atoms with E-state index in [0.717, 1.165) is 10.8 Å². The number of rotatable bonds is 5. The van der Waals surface area contributed by atoms with E-state index < -0.39 is 6.09 Å². The SMILES string of the molecule is CCOC(=O)Nc1cnc(CN)c2cc(OC)c(OC)cc12.Cl. The minimum Gasteiger partial charge on any atom is -0.493 e. The van der Waals surface area contributed by atoms with Crippen LogP contribution in [0.25, 0.3) is 10.8 Å². The Kier molecular flexibility index (Phi) is 6.87. The van der Waals surface area contributed by atoms with E-state index >= 15 is 0 Å². The number of methoxy groups -OCH3 is 2. The Balaban J connectivity index is 0.00000264. The summed E-state index contributed by atoms with van der Waals surface area (Å²) in [5.74, 6) is 1.12. The molecule has 0 spiro atoms. The molecule has 0 unspecified atom stereocenters. The predicted octanol–water partition coefficient (Wildman–Crippen LogP) is 2.70. The normalized spacial score (nSPS) is 9.91. The number of fused-ring (bicyclic) bond motifs is 1. The molecule has 1 heterocycles. The number of carbonyl (C=O) groups is 1. The highest BCUT2D eigenvalue weighted by molar-refractivity contribution is 6.02. The summed E-state index contributed by atoms with van der Waals surface area (Å²) in [6, 6.07) is 3.57. The molecule has 0 saturated heterocycles. The number of aromatic nitrogens is 1. The topological polar surface area (TPSA) is 95.7 Å². The van der Waals surface area contributed by atoms with Crippen molar-refractivity contribution in [2.24, 2.45) is 5.73 Å². The van der Waals surface area contributed by atoms with E-state index in [9.17, 15) is 4.79 Å². The van der Waals surface area contributed by atoms with Crippen LogP contribution in [0.5, 0.6) is 11.5 Å². The minimum atomic E-state index is -0.541. The maximum atomic E-state index is 11.6. The molecule has 2 aromatic rings. The summed E-state index contributed by atoms with van der Waals surface area (Å²) in [5.41, 5.74) is 6.95. The van der Waals surface area contributed by atoms with Crippen LogP contribution < -0.4 is 20.5 Å². The number of nitrogens with one attached hydrogen (secondary N) is 1. The van der Waals surface area contributed by atoms with Crippen molar-refractivity contribution in [1.29, 1.82) is 0 Å². The Morgan fingerprint density at radius 1 is 1.22 bits per heavy atom. The fraction of sp³-hybridized carbons (Fsp3) is 0.333. The van der Waals surface area contributed by atoms with E-state index in [2.05, 4.69) is 10.3 Å². The molecule has 0 atom stereocenters. The van der Waals surface area contributed by atoms with Crippen LogP contribution in [0.3, 0.4) is 0 Å². The standard InChI is InChI=1S/C15H19N3O4.ClH/c1-4-22-15(19)18-12-8-17-11(7-16)9-5-13(20-2)14(21-3)6-10(9)12;/h5-6,8H,4,7,16H2,1-3H3,(H,18,19);1H. The van der Waals surface area contributed by atoms with Crippen molar-refractivity contribution < 1.29 is 19.0 Å². The van der Waals surface area contributed by atoms with Gasteiger partial charge in [0.25, 0.3) is 0 Å². The molecular formula is C15H20ClN3O4. The van der Waals surface area contributed by atoms with Crippen LogP contribution in [0.2, 0.25) is 0 Å². The second-order valence-electron chi connectivity index (χ2n) is 4.42. The maximum Gasteiger partial charge on any atom is 0.411 e. The van der Waals surface area contributed by atoms with Gasteiger partial charge < -0.3 is 19.9 Å². The van der Waals surface area contributed by atoms with Crippen LogP contribution >= 0.6 is 12.4 Å². The summed E-state index contributed by atoms with van der Waals surface area (Å²) in [6.07, 6.45) is 1.01. The number of hydrogen-bond donors (Lipinski definition) is 2. The predicted molar refractivity (Wildman–Crippen MR) is 90.6 cm³/mol. The average molecular weight is 342 g/mol. The fourth-order valence-electron chi connectivity index (χ4n) is 2.16. The Hall–Kier alpha value is -2.25. The first-order valence-electron chi connectivity index (χ1n) is 6.82. The molecule has 8 heteroatoms. The molecule has 2 rings (SSSR count). The second kappa shape index (κ2) is 8.40. The summed E-state index contributed by atoms with van der Waals surface area (Å²) in [7, 11) is 3.10. The molecule has 0 aliphatic carbocycles. The molecule has 1 aromatic heterocycles. The van der Waals surface area contributed by atoms with Crippen molar-refractivity contribution >= 4 is 35.0 Å². The number of pyridine rings is 1. The summed E-state index contributed by atoms with van der Waals surface area (Å²) in [4.78, 5) is 15.9. The van der Waals surface area contributed by atoms with Gasteiger partial charge in [-0.25, -0.2) is 4.79 Å². The first kappa shape index (κ1) is 18.8. The molecule has 1 aromatic carbocycles. The van der Waals surface area contributed by atoms with Crippen molar-refractivity contribution in [2.75, 3.05) is 26.1 Å². The Morgan fingerprint density at radius 3 is 2.35 bits per heavy atom. The van der Waals surface area contributed by atoms with Crippen molar-refractivity contribution in [1.82, 2.24) is 4.98 Å². The van der Waals surface area contributed by atoms with E-state index in [0.29, 0.717) is 22.9 Å². The number of halogens is 1. The quantitative estimate of drug-likeness (QED) is 0.868. The molecule has 0 radical (unpaired) electrons. The zero-order valence-corrected chi connectivity index (χ0v) is 14.0. The van der Waals surface area contributed by atoms with E-state index in [4.69, 9.17) is 19.9 Å². The van der Waals surface area contributed by atoms with Crippen molar-refractivity contribution in [2.45, 2.75) is 13.5 Å². The molecule has 3 N–H and O–H groups in total. The molecule has 0 saturated carbocycles. The smallest absolute Gasteiger partial charge is 0.411 e. The lowest BCUT2D eigenvalue weighted by Crippen LogP contribution is -2.14. The minimum absolute atomic E-state index is 0. The fourth-order valence-corrected chi connectivity index (χ4v) is 2.16. The lowest BCUT2D eigenvalue weighted by atomic mass is 10.1. The van der Waals surface area contributed by atoms with Gasteiger partial charge in [0.1, 0.15) is 0 Å². The summed E-state index contributed by atoms with van der Waals surface area (Å²) < 4.78 is 15.5.